The second-order valence-corrected chi connectivity index (χ2v) is 5.79. The van der Waals surface area contributed by atoms with Crippen molar-refractivity contribution in [3.05, 3.63) is 82.1 Å². The smallest absolute Gasteiger partial charge is 0.192 e. The number of hydrogen-bond acceptors (Lipinski definition) is 3. The van der Waals surface area contributed by atoms with Crippen molar-refractivity contribution in [2.75, 3.05) is 0 Å². The number of para-hydroxylation sites is 1. The quantitative estimate of drug-likeness (QED) is 0.631. The van der Waals surface area contributed by atoms with E-state index in [2.05, 4.69) is 15.3 Å². The third-order valence-corrected chi connectivity index (χ3v) is 4.13. The van der Waals surface area contributed by atoms with Crippen molar-refractivity contribution in [1.82, 2.24) is 20.0 Å². The van der Waals surface area contributed by atoms with E-state index < -0.39 is 0 Å². The van der Waals surface area contributed by atoms with Crippen LogP contribution < -0.4 is 5.43 Å². The van der Waals surface area contributed by atoms with Crippen LogP contribution in [0.25, 0.3) is 22.3 Å². The van der Waals surface area contributed by atoms with E-state index in [1.54, 1.807) is 4.68 Å². The molecule has 0 saturated carbocycles. The minimum Gasteiger partial charge on any atom is -0.353 e. The zero-order valence-corrected chi connectivity index (χ0v) is 13.2. The van der Waals surface area contributed by atoms with E-state index >= 15 is 0 Å². The Morgan fingerprint density at radius 3 is 2.62 bits per heavy atom. The van der Waals surface area contributed by atoms with Crippen LogP contribution >= 0.6 is 0 Å². The number of nitrogens with one attached hydrogen (secondary N) is 1. The van der Waals surface area contributed by atoms with Crippen LogP contribution in [0.3, 0.4) is 0 Å². The predicted molar refractivity (Wildman–Crippen MR) is 93.9 cm³/mol. The van der Waals surface area contributed by atoms with Crippen molar-refractivity contribution >= 4 is 10.9 Å². The minimum atomic E-state index is 0.0250. The zero-order valence-electron chi connectivity index (χ0n) is 13.2. The van der Waals surface area contributed by atoms with E-state index in [0.717, 1.165) is 16.8 Å². The van der Waals surface area contributed by atoms with Crippen LogP contribution in [0.2, 0.25) is 0 Å². The molecule has 0 aliphatic heterocycles. The van der Waals surface area contributed by atoms with Gasteiger partial charge < -0.3 is 4.98 Å². The molecule has 0 bridgehead atoms. The summed E-state index contributed by atoms with van der Waals surface area (Å²) in [4.78, 5) is 15.9. The number of aromatic amines is 1. The summed E-state index contributed by atoms with van der Waals surface area (Å²) < 4.78 is 1.78. The molecule has 2 aromatic heterocycles. The fourth-order valence-electron chi connectivity index (χ4n) is 2.85. The Labute approximate surface area is 138 Å². The first kappa shape index (κ1) is 14.4. The third-order valence-electron chi connectivity index (χ3n) is 4.13. The summed E-state index contributed by atoms with van der Waals surface area (Å²) in [6, 6.07) is 17.6. The predicted octanol–water partition coefficient (Wildman–Crippen LogP) is 3.14. The number of fused-ring (bicyclic) bond motifs is 1. The molecule has 0 aliphatic carbocycles. The SMILES string of the molecule is Cc1c(-c2cn(Cc3ccccc3)nn2)[nH]c2ccccc2c1=O. The second kappa shape index (κ2) is 5.77. The van der Waals surface area contributed by atoms with E-state index in [1.807, 2.05) is 67.7 Å². The summed E-state index contributed by atoms with van der Waals surface area (Å²) in [5, 5.41) is 9.11. The van der Waals surface area contributed by atoms with Crippen molar-refractivity contribution in [3.63, 3.8) is 0 Å². The average molecular weight is 316 g/mol. The number of aromatic nitrogens is 4. The lowest BCUT2D eigenvalue weighted by atomic mass is 10.1. The molecule has 5 nitrogen and oxygen atoms in total. The molecule has 0 amide bonds. The Balaban J connectivity index is 1.76. The van der Waals surface area contributed by atoms with Crippen LogP contribution in [-0.2, 0) is 6.54 Å². The highest BCUT2D eigenvalue weighted by Crippen LogP contribution is 2.20. The lowest BCUT2D eigenvalue weighted by Gasteiger charge is -2.05. The number of nitrogens with zero attached hydrogens (tertiary/aromatic N) is 3. The van der Waals surface area contributed by atoms with Gasteiger partial charge in [-0.05, 0) is 24.6 Å². The van der Waals surface area contributed by atoms with E-state index in [9.17, 15) is 4.79 Å². The molecule has 0 atom stereocenters. The summed E-state index contributed by atoms with van der Waals surface area (Å²) in [5.74, 6) is 0. The molecule has 0 saturated heterocycles. The third kappa shape index (κ3) is 2.50. The second-order valence-electron chi connectivity index (χ2n) is 5.79. The van der Waals surface area contributed by atoms with Crippen molar-refractivity contribution in [2.45, 2.75) is 13.5 Å². The van der Waals surface area contributed by atoms with E-state index in [-0.39, 0.29) is 5.43 Å². The van der Waals surface area contributed by atoms with Crippen LogP contribution in [0, 0.1) is 6.92 Å². The maximum Gasteiger partial charge on any atom is 0.192 e. The van der Waals surface area contributed by atoms with Crippen molar-refractivity contribution in [2.24, 2.45) is 0 Å². The Morgan fingerprint density at radius 1 is 1.04 bits per heavy atom. The molecule has 4 rings (SSSR count). The number of benzene rings is 2. The maximum absolute atomic E-state index is 12.5. The van der Waals surface area contributed by atoms with Crippen LogP contribution in [0.4, 0.5) is 0 Å². The molecular formula is C19H16N4O. The summed E-state index contributed by atoms with van der Waals surface area (Å²) >= 11 is 0. The topological polar surface area (TPSA) is 63.6 Å². The normalized spacial score (nSPS) is 11.0. The molecule has 0 radical (unpaired) electrons. The van der Waals surface area contributed by atoms with Gasteiger partial charge in [0.25, 0.3) is 0 Å². The average Bonchev–Trinajstić information content (AvgIpc) is 3.07. The van der Waals surface area contributed by atoms with Crippen LogP contribution in [-0.4, -0.2) is 20.0 Å². The first-order chi connectivity index (χ1) is 11.7. The molecule has 4 aromatic rings. The lowest BCUT2D eigenvalue weighted by molar-refractivity contribution is 0.650. The van der Waals surface area contributed by atoms with Gasteiger partial charge in [-0.1, -0.05) is 47.7 Å². The van der Waals surface area contributed by atoms with Crippen molar-refractivity contribution in [1.29, 1.82) is 0 Å². The Morgan fingerprint density at radius 2 is 1.79 bits per heavy atom. The van der Waals surface area contributed by atoms with Crippen LogP contribution in [0.15, 0.2) is 65.6 Å². The van der Waals surface area contributed by atoms with Gasteiger partial charge in [0.15, 0.2) is 5.43 Å². The number of H-pyrrole nitrogens is 1. The van der Waals surface area contributed by atoms with Crippen molar-refractivity contribution < 1.29 is 0 Å². The molecule has 0 fully saturated rings. The highest BCUT2D eigenvalue weighted by atomic mass is 16.1. The van der Waals surface area contributed by atoms with Gasteiger partial charge in [0.2, 0.25) is 0 Å². The first-order valence-electron chi connectivity index (χ1n) is 7.78. The molecule has 1 N–H and O–H groups in total. The molecule has 2 heterocycles. The van der Waals surface area contributed by atoms with Gasteiger partial charge in [-0.3, -0.25) is 4.79 Å². The van der Waals surface area contributed by atoms with Gasteiger partial charge in [-0.15, -0.1) is 5.10 Å². The van der Waals surface area contributed by atoms with E-state index in [0.29, 0.717) is 23.2 Å². The molecule has 2 aromatic carbocycles. The monoisotopic (exact) mass is 316 g/mol. The molecular weight excluding hydrogens is 300 g/mol. The Bertz CT molecular complexity index is 1060. The van der Waals surface area contributed by atoms with Crippen LogP contribution in [0.1, 0.15) is 11.1 Å². The maximum atomic E-state index is 12.5. The number of rotatable bonds is 3. The summed E-state index contributed by atoms with van der Waals surface area (Å²) in [6.45, 7) is 2.46. The van der Waals surface area contributed by atoms with Gasteiger partial charge in [0, 0.05) is 16.5 Å². The summed E-state index contributed by atoms with van der Waals surface area (Å²) in [7, 11) is 0. The molecule has 24 heavy (non-hydrogen) atoms. The van der Waals surface area contributed by atoms with E-state index in [1.165, 1.54) is 0 Å². The lowest BCUT2D eigenvalue weighted by Crippen LogP contribution is -2.09. The van der Waals surface area contributed by atoms with Gasteiger partial charge in [0.05, 0.1) is 18.4 Å². The number of hydrogen-bond donors (Lipinski definition) is 1. The standard InChI is InChI=1S/C19H16N4O/c1-13-18(20-16-10-6-5-9-15(16)19(13)24)17-12-23(22-21-17)11-14-7-3-2-4-8-14/h2-10,12H,11H2,1H3,(H,20,24). The van der Waals surface area contributed by atoms with Gasteiger partial charge in [-0.2, -0.15) is 0 Å². The Kier molecular flexibility index (Phi) is 3.46. The molecule has 118 valence electrons. The van der Waals surface area contributed by atoms with E-state index in [4.69, 9.17) is 0 Å². The highest BCUT2D eigenvalue weighted by Gasteiger charge is 2.13. The minimum absolute atomic E-state index is 0.0250. The zero-order chi connectivity index (χ0) is 16.5. The summed E-state index contributed by atoms with van der Waals surface area (Å²) in [5.41, 5.74) is 4.03. The molecule has 5 heteroatoms. The fraction of sp³-hybridized carbons (Fsp3) is 0.105. The van der Waals surface area contributed by atoms with Gasteiger partial charge in [-0.25, -0.2) is 4.68 Å². The summed E-state index contributed by atoms with van der Waals surface area (Å²) in [6.07, 6.45) is 1.86. The van der Waals surface area contributed by atoms with Gasteiger partial charge in [0.1, 0.15) is 5.69 Å². The van der Waals surface area contributed by atoms with Crippen LogP contribution in [0.5, 0.6) is 0 Å². The first-order valence-corrected chi connectivity index (χ1v) is 7.78. The highest BCUT2D eigenvalue weighted by molar-refractivity contribution is 5.82. The molecule has 0 spiro atoms. The largest absolute Gasteiger partial charge is 0.353 e. The number of pyridine rings is 1. The fourth-order valence-corrected chi connectivity index (χ4v) is 2.85. The van der Waals surface area contributed by atoms with Crippen molar-refractivity contribution in [3.8, 4) is 11.4 Å². The molecule has 0 aliphatic rings. The molecule has 0 unspecified atom stereocenters. The Hall–Kier alpha value is -3.21. The van der Waals surface area contributed by atoms with Gasteiger partial charge >= 0.3 is 0 Å².